The van der Waals surface area contributed by atoms with Crippen molar-refractivity contribution in [3.63, 3.8) is 0 Å². The number of imide groups is 1. The number of aliphatic hydroxyl groups excluding tert-OH is 1. The van der Waals surface area contributed by atoms with Gasteiger partial charge in [-0.2, -0.15) is 0 Å². The van der Waals surface area contributed by atoms with Crippen molar-refractivity contribution >= 4 is 23.2 Å². The Kier molecular flexibility index (Phi) is 9.26. The number of hydrogen-bond donors (Lipinski definition) is 4. The van der Waals surface area contributed by atoms with Gasteiger partial charge in [-0.15, -0.1) is 11.3 Å². The van der Waals surface area contributed by atoms with Crippen LogP contribution in [0.3, 0.4) is 0 Å². The summed E-state index contributed by atoms with van der Waals surface area (Å²) in [6.45, 7) is 6.88. The maximum absolute atomic E-state index is 13.3. The van der Waals surface area contributed by atoms with E-state index in [2.05, 4.69) is 20.8 Å². The van der Waals surface area contributed by atoms with Gasteiger partial charge in [-0.3, -0.25) is 14.9 Å². The Labute approximate surface area is 226 Å². The average molecular weight is 542 g/mol. The molecule has 2 amide bonds. The van der Waals surface area contributed by atoms with E-state index >= 15 is 0 Å². The molecule has 0 saturated carbocycles. The van der Waals surface area contributed by atoms with Crippen molar-refractivity contribution in [2.24, 2.45) is 11.7 Å². The van der Waals surface area contributed by atoms with Crippen LogP contribution in [0.15, 0.2) is 34.3 Å². The average Bonchev–Trinajstić information content (AvgIpc) is 3.66. The topological polar surface area (TPSA) is 153 Å². The largest absolute Gasteiger partial charge is 0.492 e. The second-order valence-electron chi connectivity index (χ2n) is 9.71. The van der Waals surface area contributed by atoms with Crippen LogP contribution in [0.25, 0.3) is 10.4 Å². The predicted octanol–water partition coefficient (Wildman–Crippen LogP) is 2.47. The van der Waals surface area contributed by atoms with Gasteiger partial charge in [0.1, 0.15) is 24.0 Å². The highest BCUT2D eigenvalue weighted by molar-refractivity contribution is 7.13. The molecule has 0 aliphatic carbocycles. The second kappa shape index (κ2) is 12.6. The van der Waals surface area contributed by atoms with Crippen molar-refractivity contribution < 1.29 is 24.0 Å². The van der Waals surface area contributed by atoms with Crippen LogP contribution in [0.1, 0.15) is 48.4 Å². The van der Waals surface area contributed by atoms with Gasteiger partial charge >= 0.3 is 0 Å². The van der Waals surface area contributed by atoms with E-state index in [1.807, 2.05) is 25.1 Å². The van der Waals surface area contributed by atoms with Gasteiger partial charge in [-0.05, 0) is 50.4 Å². The number of thiazole rings is 1. The Bertz CT molecular complexity index is 1250. The monoisotopic (exact) mass is 541 g/mol. The van der Waals surface area contributed by atoms with Gasteiger partial charge < -0.3 is 25.4 Å². The Hall–Kier alpha value is -3.12. The highest BCUT2D eigenvalue weighted by Gasteiger charge is 2.37. The van der Waals surface area contributed by atoms with E-state index in [0.29, 0.717) is 36.8 Å². The van der Waals surface area contributed by atoms with Gasteiger partial charge in [0.15, 0.2) is 0 Å². The maximum atomic E-state index is 13.3. The molecule has 0 radical (unpaired) electrons. The molecule has 3 unspecified atom stereocenters. The molecule has 204 valence electrons. The van der Waals surface area contributed by atoms with Crippen molar-refractivity contribution in [3.8, 4) is 16.2 Å². The van der Waals surface area contributed by atoms with Crippen molar-refractivity contribution in [1.82, 2.24) is 20.8 Å². The first-order valence-corrected chi connectivity index (χ1v) is 13.7. The molecule has 1 saturated heterocycles. The SMILES string of the molecule is Cc1cc(C(C(=O)NC(=O)[C@@H]2CCCN2)C(C)C(O)Cc2ccc(-c3scnc3C)cc2OCCN)on1. The fraction of sp³-hybridized carbons (Fsp3) is 0.481. The smallest absolute Gasteiger partial charge is 0.243 e. The summed E-state index contributed by atoms with van der Waals surface area (Å²) >= 11 is 1.55. The number of ether oxygens (including phenoxy) is 1. The fourth-order valence-electron chi connectivity index (χ4n) is 4.73. The quantitative estimate of drug-likeness (QED) is 0.287. The minimum atomic E-state index is -0.952. The lowest BCUT2D eigenvalue weighted by molar-refractivity contribution is -0.133. The maximum Gasteiger partial charge on any atom is 0.243 e. The lowest BCUT2D eigenvalue weighted by Gasteiger charge is -2.26. The zero-order chi connectivity index (χ0) is 27.2. The Morgan fingerprint density at radius 1 is 1.34 bits per heavy atom. The summed E-state index contributed by atoms with van der Waals surface area (Å²) in [5, 5.41) is 20.9. The molecule has 3 heterocycles. The van der Waals surface area contributed by atoms with Crippen LogP contribution in [-0.4, -0.2) is 58.9 Å². The first-order chi connectivity index (χ1) is 18.3. The van der Waals surface area contributed by atoms with Gasteiger partial charge in [0.2, 0.25) is 11.8 Å². The first kappa shape index (κ1) is 27.9. The molecule has 3 aromatic rings. The van der Waals surface area contributed by atoms with Crippen LogP contribution in [0.4, 0.5) is 0 Å². The molecule has 10 nitrogen and oxygen atoms in total. The molecule has 5 N–H and O–H groups in total. The van der Waals surface area contributed by atoms with E-state index in [9.17, 15) is 14.7 Å². The number of nitrogens with one attached hydrogen (secondary N) is 2. The molecule has 4 atom stereocenters. The minimum absolute atomic E-state index is 0.220. The van der Waals surface area contributed by atoms with E-state index in [0.717, 1.165) is 34.7 Å². The summed E-state index contributed by atoms with van der Waals surface area (Å²) in [6.07, 6.45) is 0.818. The van der Waals surface area contributed by atoms with E-state index in [4.69, 9.17) is 15.0 Å². The molecule has 1 aromatic carbocycles. The number of benzene rings is 1. The summed E-state index contributed by atoms with van der Waals surface area (Å²) in [7, 11) is 0. The Morgan fingerprint density at radius 3 is 2.79 bits per heavy atom. The van der Waals surface area contributed by atoms with Crippen molar-refractivity contribution in [3.05, 3.63) is 52.5 Å². The molecule has 1 aliphatic heterocycles. The zero-order valence-corrected chi connectivity index (χ0v) is 22.7. The van der Waals surface area contributed by atoms with Gasteiger partial charge in [0.25, 0.3) is 0 Å². The number of nitrogens with zero attached hydrogens (tertiary/aromatic N) is 2. The number of rotatable bonds is 11. The van der Waals surface area contributed by atoms with Crippen LogP contribution in [0.5, 0.6) is 5.75 Å². The van der Waals surface area contributed by atoms with Crippen molar-refractivity contribution in [2.45, 2.75) is 58.1 Å². The molecule has 11 heteroatoms. The first-order valence-electron chi connectivity index (χ1n) is 12.8. The summed E-state index contributed by atoms with van der Waals surface area (Å²) in [5.41, 5.74) is 10.8. The summed E-state index contributed by atoms with van der Waals surface area (Å²) in [6, 6.07) is 7.08. The highest BCUT2D eigenvalue weighted by Crippen LogP contribution is 2.35. The van der Waals surface area contributed by atoms with Gasteiger partial charge in [0, 0.05) is 24.9 Å². The van der Waals surface area contributed by atoms with Crippen LogP contribution in [0, 0.1) is 19.8 Å². The van der Waals surface area contributed by atoms with Crippen LogP contribution in [0.2, 0.25) is 0 Å². The number of aliphatic hydroxyl groups is 1. The van der Waals surface area contributed by atoms with Crippen LogP contribution < -0.4 is 21.1 Å². The normalized spacial score (nSPS) is 17.7. The van der Waals surface area contributed by atoms with Gasteiger partial charge in [0.05, 0.1) is 33.9 Å². The number of carbonyl (C=O) groups excluding carboxylic acids is 2. The molecule has 4 rings (SSSR count). The lowest BCUT2D eigenvalue weighted by atomic mass is 9.83. The number of aromatic nitrogens is 2. The van der Waals surface area contributed by atoms with E-state index in [1.54, 1.807) is 36.8 Å². The molecular weight excluding hydrogens is 506 g/mol. The van der Waals surface area contributed by atoms with Gasteiger partial charge in [-0.1, -0.05) is 24.2 Å². The van der Waals surface area contributed by atoms with E-state index < -0.39 is 29.9 Å². The van der Waals surface area contributed by atoms with Crippen LogP contribution >= 0.6 is 11.3 Å². The van der Waals surface area contributed by atoms with Crippen LogP contribution in [-0.2, 0) is 16.0 Å². The highest BCUT2D eigenvalue weighted by atomic mass is 32.1. The minimum Gasteiger partial charge on any atom is -0.492 e. The van der Waals surface area contributed by atoms with Gasteiger partial charge in [-0.25, -0.2) is 4.98 Å². The van der Waals surface area contributed by atoms with Crippen molar-refractivity contribution in [2.75, 3.05) is 19.7 Å². The summed E-state index contributed by atoms with van der Waals surface area (Å²) < 4.78 is 11.4. The number of hydrogen-bond acceptors (Lipinski definition) is 10. The third-order valence-electron chi connectivity index (χ3n) is 6.87. The molecule has 1 aliphatic rings. The number of nitrogens with two attached hydrogens (primary N) is 1. The third kappa shape index (κ3) is 6.47. The Morgan fingerprint density at radius 2 is 2.16 bits per heavy atom. The van der Waals surface area contributed by atoms with E-state index in [1.165, 1.54) is 0 Å². The predicted molar refractivity (Wildman–Crippen MR) is 144 cm³/mol. The summed E-state index contributed by atoms with van der Waals surface area (Å²) in [5.74, 6) is -1.49. The van der Waals surface area contributed by atoms with E-state index in [-0.39, 0.29) is 12.3 Å². The molecular formula is C27H35N5O5S. The lowest BCUT2D eigenvalue weighted by Crippen LogP contribution is -2.46. The number of aryl methyl sites for hydroxylation is 2. The second-order valence-corrected chi connectivity index (χ2v) is 10.6. The zero-order valence-electron chi connectivity index (χ0n) is 21.9. The molecule has 2 aromatic heterocycles. The molecule has 0 bridgehead atoms. The third-order valence-corrected chi connectivity index (χ3v) is 7.85. The molecule has 38 heavy (non-hydrogen) atoms. The summed E-state index contributed by atoms with van der Waals surface area (Å²) in [4.78, 5) is 31.3. The Balaban J connectivity index is 1.56. The fourth-order valence-corrected chi connectivity index (χ4v) is 5.53. The van der Waals surface area contributed by atoms with Crippen molar-refractivity contribution in [1.29, 1.82) is 0 Å². The number of carbonyl (C=O) groups is 2. The number of amides is 2. The molecule has 0 spiro atoms. The molecule has 1 fully saturated rings. The standard InChI is InChI=1S/C27H35N5O5S/c1-15-11-23(37-32-15)24(27(35)31-26(34)20-5-4-9-29-20)16(2)21(33)12-18-6-7-19(13-22(18)36-10-8-28)25-17(3)30-14-38-25/h6-7,11,13-14,16,20-21,24,29,33H,4-5,8-10,12,28H2,1-3H3,(H,31,34,35)/t16?,20-,21?,24?/m0/s1.